The SMILES string of the molecule is CN1CCCC1CCOc1ccnc2cc(Br)cnc12. The zero-order valence-corrected chi connectivity index (χ0v) is 13.1. The van der Waals surface area contributed by atoms with Crippen LogP contribution in [0.5, 0.6) is 5.75 Å². The van der Waals surface area contributed by atoms with Crippen LogP contribution in [0.1, 0.15) is 19.3 Å². The first-order chi connectivity index (χ1) is 9.74. The van der Waals surface area contributed by atoms with Crippen molar-refractivity contribution in [2.24, 2.45) is 0 Å². The summed E-state index contributed by atoms with van der Waals surface area (Å²) in [6.07, 6.45) is 7.20. The number of halogens is 1. The van der Waals surface area contributed by atoms with E-state index in [1.54, 1.807) is 12.4 Å². The van der Waals surface area contributed by atoms with Gasteiger partial charge in [-0.25, -0.2) is 4.98 Å². The maximum atomic E-state index is 5.92. The molecule has 0 N–H and O–H groups in total. The standard InChI is InChI=1S/C15H18BrN3O/c1-19-7-2-3-12(19)5-8-20-14-4-6-17-13-9-11(16)10-18-15(13)14/h4,6,9-10,12H,2-3,5,7-8H2,1H3. The van der Waals surface area contributed by atoms with Gasteiger partial charge in [0.25, 0.3) is 0 Å². The smallest absolute Gasteiger partial charge is 0.148 e. The highest BCUT2D eigenvalue weighted by molar-refractivity contribution is 9.10. The maximum absolute atomic E-state index is 5.92. The summed E-state index contributed by atoms with van der Waals surface area (Å²) in [7, 11) is 2.19. The molecule has 106 valence electrons. The number of nitrogens with zero attached hydrogens (tertiary/aromatic N) is 3. The van der Waals surface area contributed by atoms with Crippen molar-refractivity contribution >= 4 is 27.0 Å². The number of fused-ring (bicyclic) bond motifs is 1. The van der Waals surface area contributed by atoms with Crippen LogP contribution >= 0.6 is 15.9 Å². The van der Waals surface area contributed by atoms with Crippen molar-refractivity contribution in [3.8, 4) is 5.75 Å². The van der Waals surface area contributed by atoms with Gasteiger partial charge in [-0.1, -0.05) is 0 Å². The molecule has 2 aromatic rings. The van der Waals surface area contributed by atoms with Gasteiger partial charge in [0.15, 0.2) is 0 Å². The van der Waals surface area contributed by atoms with Gasteiger partial charge in [-0.3, -0.25) is 4.98 Å². The molecule has 2 aromatic heterocycles. The second-order valence-corrected chi connectivity index (χ2v) is 6.16. The van der Waals surface area contributed by atoms with E-state index in [9.17, 15) is 0 Å². The number of ether oxygens (including phenoxy) is 1. The third-order valence-electron chi connectivity index (χ3n) is 3.89. The molecule has 1 saturated heterocycles. The third kappa shape index (κ3) is 2.94. The molecular weight excluding hydrogens is 318 g/mol. The third-order valence-corrected chi connectivity index (χ3v) is 4.32. The quantitative estimate of drug-likeness (QED) is 0.859. The number of hydrogen-bond donors (Lipinski definition) is 0. The van der Waals surface area contributed by atoms with Gasteiger partial charge in [-0.05, 0) is 54.9 Å². The predicted octanol–water partition coefficient (Wildman–Crippen LogP) is 3.26. The molecule has 1 unspecified atom stereocenters. The van der Waals surface area contributed by atoms with E-state index in [1.807, 2.05) is 12.1 Å². The Labute approximate surface area is 127 Å². The van der Waals surface area contributed by atoms with Crippen molar-refractivity contribution in [3.05, 3.63) is 29.0 Å². The molecule has 1 fully saturated rings. The van der Waals surface area contributed by atoms with Crippen molar-refractivity contribution in [1.82, 2.24) is 14.9 Å². The lowest BCUT2D eigenvalue weighted by atomic mass is 10.1. The molecule has 0 spiro atoms. The Kier molecular flexibility index (Phi) is 4.17. The van der Waals surface area contributed by atoms with Crippen LogP contribution in [0.3, 0.4) is 0 Å². The normalized spacial score (nSPS) is 19.6. The van der Waals surface area contributed by atoms with Gasteiger partial charge in [0.2, 0.25) is 0 Å². The zero-order chi connectivity index (χ0) is 13.9. The molecule has 0 aliphatic carbocycles. The first-order valence-corrected chi connectivity index (χ1v) is 7.76. The highest BCUT2D eigenvalue weighted by Gasteiger charge is 2.20. The molecule has 1 atom stereocenters. The minimum absolute atomic E-state index is 0.658. The number of pyridine rings is 2. The molecule has 20 heavy (non-hydrogen) atoms. The Bertz CT molecular complexity index is 605. The second kappa shape index (κ2) is 6.06. The first kappa shape index (κ1) is 13.8. The van der Waals surface area contributed by atoms with E-state index in [0.717, 1.165) is 34.3 Å². The summed E-state index contributed by atoms with van der Waals surface area (Å²) in [5.41, 5.74) is 1.69. The average Bonchev–Trinajstić information content (AvgIpc) is 2.84. The molecule has 0 radical (unpaired) electrons. The molecule has 5 heteroatoms. The first-order valence-electron chi connectivity index (χ1n) is 6.97. The van der Waals surface area contributed by atoms with Crippen LogP contribution in [0.2, 0.25) is 0 Å². The Morgan fingerprint density at radius 2 is 2.35 bits per heavy atom. The summed E-state index contributed by atoms with van der Waals surface area (Å²) in [4.78, 5) is 11.1. The highest BCUT2D eigenvalue weighted by Crippen LogP contribution is 2.25. The average molecular weight is 336 g/mol. The molecule has 0 saturated carbocycles. The zero-order valence-electron chi connectivity index (χ0n) is 11.6. The molecule has 3 rings (SSSR count). The van der Waals surface area contributed by atoms with Gasteiger partial charge in [-0.15, -0.1) is 0 Å². The monoisotopic (exact) mass is 335 g/mol. The van der Waals surface area contributed by atoms with Crippen molar-refractivity contribution in [2.45, 2.75) is 25.3 Å². The van der Waals surface area contributed by atoms with Gasteiger partial charge >= 0.3 is 0 Å². The van der Waals surface area contributed by atoms with E-state index in [4.69, 9.17) is 4.74 Å². The lowest BCUT2D eigenvalue weighted by molar-refractivity contribution is 0.234. The van der Waals surface area contributed by atoms with Crippen LogP contribution in [0, 0.1) is 0 Å². The number of likely N-dealkylation sites (tertiary alicyclic amines) is 1. The van der Waals surface area contributed by atoms with Gasteiger partial charge in [0.1, 0.15) is 11.3 Å². The largest absolute Gasteiger partial charge is 0.491 e. The topological polar surface area (TPSA) is 38.2 Å². The predicted molar refractivity (Wildman–Crippen MR) is 83.0 cm³/mol. The Morgan fingerprint density at radius 1 is 1.45 bits per heavy atom. The van der Waals surface area contributed by atoms with Crippen molar-refractivity contribution in [3.63, 3.8) is 0 Å². The summed E-state index contributed by atoms with van der Waals surface area (Å²) < 4.78 is 6.86. The number of hydrogen-bond acceptors (Lipinski definition) is 4. The molecule has 0 aromatic carbocycles. The number of rotatable bonds is 4. The van der Waals surface area contributed by atoms with Crippen molar-refractivity contribution < 1.29 is 4.74 Å². The van der Waals surface area contributed by atoms with E-state index < -0.39 is 0 Å². The summed E-state index contributed by atoms with van der Waals surface area (Å²) in [5.74, 6) is 0.822. The van der Waals surface area contributed by atoms with Gasteiger partial charge in [0.05, 0.1) is 12.1 Å². The Balaban J connectivity index is 1.68. The van der Waals surface area contributed by atoms with Gasteiger partial charge < -0.3 is 9.64 Å². The van der Waals surface area contributed by atoms with Crippen LogP contribution in [0.15, 0.2) is 29.0 Å². The van der Waals surface area contributed by atoms with E-state index in [-0.39, 0.29) is 0 Å². The fraction of sp³-hybridized carbons (Fsp3) is 0.467. The minimum atomic E-state index is 0.658. The van der Waals surface area contributed by atoms with E-state index >= 15 is 0 Å². The molecule has 1 aliphatic rings. The number of aromatic nitrogens is 2. The fourth-order valence-corrected chi connectivity index (χ4v) is 3.07. The molecule has 3 heterocycles. The summed E-state index contributed by atoms with van der Waals surface area (Å²) in [5, 5.41) is 0. The molecule has 1 aliphatic heterocycles. The molecule has 0 bridgehead atoms. The van der Waals surface area contributed by atoms with Crippen LogP contribution in [0.25, 0.3) is 11.0 Å². The Morgan fingerprint density at radius 3 is 3.15 bits per heavy atom. The minimum Gasteiger partial charge on any atom is -0.491 e. The lowest BCUT2D eigenvalue weighted by Crippen LogP contribution is -2.26. The van der Waals surface area contributed by atoms with Crippen LogP contribution < -0.4 is 4.74 Å². The fourth-order valence-electron chi connectivity index (χ4n) is 2.75. The molecule has 4 nitrogen and oxygen atoms in total. The highest BCUT2D eigenvalue weighted by atomic mass is 79.9. The van der Waals surface area contributed by atoms with Crippen molar-refractivity contribution in [1.29, 1.82) is 0 Å². The maximum Gasteiger partial charge on any atom is 0.148 e. The summed E-state index contributed by atoms with van der Waals surface area (Å²) in [6.45, 7) is 1.93. The van der Waals surface area contributed by atoms with E-state index in [0.29, 0.717) is 6.04 Å². The van der Waals surface area contributed by atoms with Crippen LogP contribution in [-0.2, 0) is 0 Å². The van der Waals surface area contributed by atoms with Crippen LogP contribution in [-0.4, -0.2) is 41.1 Å². The summed E-state index contributed by atoms with van der Waals surface area (Å²) >= 11 is 3.41. The van der Waals surface area contributed by atoms with Gasteiger partial charge in [-0.2, -0.15) is 0 Å². The van der Waals surface area contributed by atoms with E-state index in [1.165, 1.54) is 19.4 Å². The van der Waals surface area contributed by atoms with Gasteiger partial charge in [0, 0.05) is 29.0 Å². The van der Waals surface area contributed by atoms with Crippen molar-refractivity contribution in [2.75, 3.05) is 20.2 Å². The molecular formula is C15H18BrN3O. The second-order valence-electron chi connectivity index (χ2n) is 5.24. The van der Waals surface area contributed by atoms with E-state index in [2.05, 4.69) is 37.8 Å². The van der Waals surface area contributed by atoms with Crippen LogP contribution in [0.4, 0.5) is 0 Å². The lowest BCUT2D eigenvalue weighted by Gasteiger charge is -2.19. The Hall–Kier alpha value is -1.20. The molecule has 0 amide bonds. The summed E-state index contributed by atoms with van der Waals surface area (Å²) in [6, 6.07) is 4.51.